The predicted molar refractivity (Wildman–Crippen MR) is 97.8 cm³/mol. The van der Waals surface area contributed by atoms with E-state index < -0.39 is 0 Å². The maximum absolute atomic E-state index is 9.36. The third-order valence-corrected chi connectivity index (χ3v) is 4.35. The molecule has 0 saturated heterocycles. The molecule has 0 bridgehead atoms. The molecule has 5 nitrogen and oxygen atoms in total. The minimum Gasteiger partial charge on any atom is -0.396 e. The van der Waals surface area contributed by atoms with Crippen LogP contribution >= 0.6 is 0 Å². The molecule has 130 valence electrons. The first kappa shape index (κ1) is 17.3. The number of aromatic nitrogens is 3. The van der Waals surface area contributed by atoms with E-state index in [2.05, 4.69) is 63.6 Å². The minimum atomic E-state index is 0.102. The van der Waals surface area contributed by atoms with Crippen molar-refractivity contribution >= 4 is 0 Å². The van der Waals surface area contributed by atoms with Crippen LogP contribution in [-0.4, -0.2) is 37.9 Å². The monoisotopic (exact) mass is 336 g/mol. The summed E-state index contributed by atoms with van der Waals surface area (Å²) in [6.07, 6.45) is 2.44. The molecule has 0 aliphatic rings. The van der Waals surface area contributed by atoms with Gasteiger partial charge < -0.3 is 9.67 Å². The van der Waals surface area contributed by atoms with Crippen LogP contribution in [0.5, 0.6) is 0 Å². The fourth-order valence-corrected chi connectivity index (χ4v) is 3.09. The van der Waals surface area contributed by atoms with Gasteiger partial charge in [-0.1, -0.05) is 60.7 Å². The molecule has 0 aliphatic carbocycles. The zero-order chi connectivity index (χ0) is 17.5. The number of aryl methyl sites for hydroxylation is 1. The second-order valence-electron chi connectivity index (χ2n) is 6.13. The van der Waals surface area contributed by atoms with E-state index in [1.54, 1.807) is 6.33 Å². The number of hydrogen-bond acceptors (Lipinski definition) is 4. The number of rotatable bonds is 8. The van der Waals surface area contributed by atoms with Crippen LogP contribution in [-0.2, 0) is 13.6 Å². The molecule has 0 saturated carbocycles. The molecule has 1 heterocycles. The van der Waals surface area contributed by atoms with E-state index in [1.807, 2.05) is 23.7 Å². The first-order valence-electron chi connectivity index (χ1n) is 8.57. The molecular formula is C20H24N4O. The van der Waals surface area contributed by atoms with E-state index in [0.29, 0.717) is 13.0 Å². The Kier molecular flexibility index (Phi) is 5.93. The van der Waals surface area contributed by atoms with Gasteiger partial charge in [0.05, 0.1) is 12.6 Å². The van der Waals surface area contributed by atoms with Crippen molar-refractivity contribution in [3.8, 4) is 0 Å². The van der Waals surface area contributed by atoms with Crippen molar-refractivity contribution in [1.29, 1.82) is 0 Å². The van der Waals surface area contributed by atoms with Gasteiger partial charge in [-0.3, -0.25) is 4.90 Å². The highest BCUT2D eigenvalue weighted by molar-refractivity contribution is 5.31. The molecule has 0 unspecified atom stereocenters. The molecule has 0 radical (unpaired) electrons. The molecule has 0 aliphatic heterocycles. The lowest BCUT2D eigenvalue weighted by atomic mass is 9.96. The second-order valence-corrected chi connectivity index (χ2v) is 6.13. The molecule has 0 spiro atoms. The van der Waals surface area contributed by atoms with Crippen LogP contribution in [0.25, 0.3) is 0 Å². The van der Waals surface area contributed by atoms with Crippen LogP contribution in [0.2, 0.25) is 0 Å². The summed E-state index contributed by atoms with van der Waals surface area (Å²) in [5.41, 5.74) is 2.46. The maximum atomic E-state index is 9.36. The Bertz CT molecular complexity index is 718. The van der Waals surface area contributed by atoms with Gasteiger partial charge in [-0.15, -0.1) is 10.2 Å². The van der Waals surface area contributed by atoms with E-state index in [0.717, 1.165) is 12.4 Å². The third kappa shape index (κ3) is 4.32. The van der Waals surface area contributed by atoms with Gasteiger partial charge in [0.2, 0.25) is 0 Å². The van der Waals surface area contributed by atoms with Crippen molar-refractivity contribution in [2.75, 3.05) is 13.2 Å². The lowest BCUT2D eigenvalue weighted by Crippen LogP contribution is -2.31. The molecule has 1 N–H and O–H groups in total. The molecule has 0 atom stereocenters. The Morgan fingerprint density at radius 2 is 1.60 bits per heavy atom. The molecule has 3 rings (SSSR count). The topological polar surface area (TPSA) is 54.2 Å². The van der Waals surface area contributed by atoms with Crippen molar-refractivity contribution in [2.24, 2.45) is 7.05 Å². The summed E-state index contributed by atoms with van der Waals surface area (Å²) in [7, 11) is 1.96. The van der Waals surface area contributed by atoms with Crippen molar-refractivity contribution < 1.29 is 5.11 Å². The molecule has 0 amide bonds. The van der Waals surface area contributed by atoms with Gasteiger partial charge in [0.25, 0.3) is 0 Å². The van der Waals surface area contributed by atoms with Crippen LogP contribution in [0.1, 0.15) is 29.4 Å². The summed E-state index contributed by atoms with van der Waals surface area (Å²) in [5.74, 6) is 0.912. The first-order valence-corrected chi connectivity index (χ1v) is 8.57. The quantitative estimate of drug-likeness (QED) is 0.687. The van der Waals surface area contributed by atoms with Gasteiger partial charge in [0.1, 0.15) is 12.2 Å². The number of hydrogen-bond donors (Lipinski definition) is 1. The van der Waals surface area contributed by atoms with Crippen molar-refractivity contribution in [3.63, 3.8) is 0 Å². The molecule has 3 aromatic rings. The summed E-state index contributed by atoms with van der Waals surface area (Å²) in [6.45, 7) is 1.62. The second kappa shape index (κ2) is 8.55. The average Bonchev–Trinajstić information content (AvgIpc) is 3.06. The summed E-state index contributed by atoms with van der Waals surface area (Å²) in [4.78, 5) is 2.35. The Balaban J connectivity index is 1.98. The number of aliphatic hydroxyl groups excluding tert-OH is 1. The number of nitrogens with zero attached hydrogens (tertiary/aromatic N) is 4. The maximum Gasteiger partial charge on any atom is 0.146 e. The van der Waals surface area contributed by atoms with Gasteiger partial charge in [0, 0.05) is 20.2 Å². The van der Waals surface area contributed by atoms with Crippen LogP contribution < -0.4 is 0 Å². The van der Waals surface area contributed by atoms with Crippen LogP contribution in [0, 0.1) is 0 Å². The predicted octanol–water partition coefficient (Wildman–Crippen LogP) is 2.79. The van der Waals surface area contributed by atoms with E-state index in [1.165, 1.54) is 11.1 Å². The fourth-order valence-electron chi connectivity index (χ4n) is 3.09. The Labute approximate surface area is 148 Å². The smallest absolute Gasteiger partial charge is 0.146 e. The number of benzene rings is 2. The van der Waals surface area contributed by atoms with Crippen LogP contribution in [0.3, 0.4) is 0 Å². The van der Waals surface area contributed by atoms with Gasteiger partial charge in [-0.25, -0.2) is 0 Å². The van der Waals surface area contributed by atoms with Gasteiger partial charge >= 0.3 is 0 Å². The zero-order valence-corrected chi connectivity index (χ0v) is 14.5. The summed E-state index contributed by atoms with van der Waals surface area (Å²) >= 11 is 0. The molecule has 2 aromatic carbocycles. The standard InChI is InChI=1S/C20H24N4O/c1-23-16-21-22-19(23)15-24(13-8-14-25)20(17-9-4-2-5-10-17)18-11-6-3-7-12-18/h2-7,9-12,16,20,25H,8,13-15H2,1H3. The average molecular weight is 336 g/mol. The van der Waals surface area contributed by atoms with Crippen LogP contribution in [0.4, 0.5) is 0 Å². The Hall–Kier alpha value is -2.50. The van der Waals surface area contributed by atoms with Crippen LogP contribution in [0.15, 0.2) is 67.0 Å². The molecule has 5 heteroatoms. The van der Waals surface area contributed by atoms with E-state index in [9.17, 15) is 5.11 Å². The van der Waals surface area contributed by atoms with E-state index in [4.69, 9.17) is 0 Å². The largest absolute Gasteiger partial charge is 0.396 e. The Morgan fingerprint density at radius 1 is 1.00 bits per heavy atom. The molecule has 25 heavy (non-hydrogen) atoms. The molecular weight excluding hydrogens is 312 g/mol. The molecule has 0 fully saturated rings. The van der Waals surface area contributed by atoms with Crippen molar-refractivity contribution in [2.45, 2.75) is 19.0 Å². The SMILES string of the molecule is Cn1cnnc1CN(CCCO)C(c1ccccc1)c1ccccc1. The van der Waals surface area contributed by atoms with Gasteiger partial charge in [0.15, 0.2) is 0 Å². The lowest BCUT2D eigenvalue weighted by molar-refractivity contribution is 0.181. The summed E-state index contributed by atoms with van der Waals surface area (Å²) < 4.78 is 1.94. The first-order chi connectivity index (χ1) is 12.3. The van der Waals surface area contributed by atoms with E-state index >= 15 is 0 Å². The minimum absolute atomic E-state index is 0.102. The van der Waals surface area contributed by atoms with Crippen molar-refractivity contribution in [3.05, 3.63) is 83.9 Å². The molecule has 1 aromatic heterocycles. The summed E-state index contributed by atoms with van der Waals surface area (Å²) in [5, 5.41) is 17.6. The van der Waals surface area contributed by atoms with Gasteiger partial charge in [-0.2, -0.15) is 0 Å². The Morgan fingerprint density at radius 3 is 2.08 bits per heavy atom. The lowest BCUT2D eigenvalue weighted by Gasteiger charge is -2.32. The third-order valence-electron chi connectivity index (χ3n) is 4.35. The highest BCUT2D eigenvalue weighted by Gasteiger charge is 2.23. The van der Waals surface area contributed by atoms with E-state index in [-0.39, 0.29) is 12.6 Å². The summed E-state index contributed by atoms with van der Waals surface area (Å²) in [6, 6.07) is 21.1. The van der Waals surface area contributed by atoms with Gasteiger partial charge in [-0.05, 0) is 17.5 Å². The fraction of sp³-hybridized carbons (Fsp3) is 0.300. The number of aliphatic hydroxyl groups is 1. The highest BCUT2D eigenvalue weighted by atomic mass is 16.3. The normalized spacial score (nSPS) is 11.4. The van der Waals surface area contributed by atoms with Crippen molar-refractivity contribution in [1.82, 2.24) is 19.7 Å². The zero-order valence-electron chi connectivity index (χ0n) is 14.5. The highest BCUT2D eigenvalue weighted by Crippen LogP contribution is 2.29.